The normalized spacial score (nSPS) is 16.7. The Kier molecular flexibility index (Phi) is 6.75. The van der Waals surface area contributed by atoms with Crippen LogP contribution in [0.1, 0.15) is 35.3 Å². The second-order valence-electron chi connectivity index (χ2n) is 8.51. The second kappa shape index (κ2) is 9.61. The number of alkyl halides is 3. The number of aryl methyl sites for hydroxylation is 3. The lowest BCUT2D eigenvalue weighted by atomic mass is 10.1. The Bertz CT molecular complexity index is 1210. The number of rotatable bonds is 7. The minimum atomic E-state index is -4.46. The van der Waals surface area contributed by atoms with Gasteiger partial charge in [-0.2, -0.15) is 18.3 Å². The zero-order valence-corrected chi connectivity index (χ0v) is 19.8. The number of pyridine rings is 1. The minimum Gasteiger partial charge on any atom is -0.379 e. The smallest absolute Gasteiger partial charge is 0.379 e. The Morgan fingerprint density at radius 3 is 2.60 bits per heavy atom. The average molecular weight is 490 g/mol. The van der Waals surface area contributed by atoms with Crippen molar-refractivity contribution in [1.82, 2.24) is 24.7 Å². The van der Waals surface area contributed by atoms with Crippen molar-refractivity contribution < 1.29 is 22.7 Å². The third-order valence-electron chi connectivity index (χ3n) is 5.99. The van der Waals surface area contributed by atoms with Crippen LogP contribution in [-0.4, -0.2) is 56.9 Å². The van der Waals surface area contributed by atoms with E-state index in [1.807, 2.05) is 32.0 Å². The van der Waals surface area contributed by atoms with Crippen LogP contribution in [0.3, 0.4) is 0 Å². The molecule has 12 heteroatoms. The highest BCUT2D eigenvalue weighted by Gasteiger charge is 2.37. The number of likely N-dealkylation sites (N-methyl/N-ethyl adjacent to an activating group) is 1. The highest BCUT2D eigenvalue weighted by molar-refractivity contribution is 6.03. The molecule has 0 fully saturated rings. The highest BCUT2D eigenvalue weighted by atomic mass is 19.4. The number of hydrogen-bond acceptors (Lipinski definition) is 7. The fourth-order valence-electron chi connectivity index (χ4n) is 4.04. The monoisotopic (exact) mass is 489 g/mol. The molecule has 4 rings (SSSR count). The third-order valence-corrected chi connectivity index (χ3v) is 5.99. The lowest BCUT2D eigenvalue weighted by Crippen LogP contribution is -2.53. The number of aromatic nitrogens is 5. The van der Waals surface area contributed by atoms with Crippen LogP contribution in [0.2, 0.25) is 0 Å². The van der Waals surface area contributed by atoms with Gasteiger partial charge in [-0.3, -0.25) is 14.5 Å². The molecule has 0 saturated carbocycles. The van der Waals surface area contributed by atoms with Crippen molar-refractivity contribution in [1.29, 1.82) is 0 Å². The van der Waals surface area contributed by atoms with Gasteiger partial charge >= 0.3 is 6.18 Å². The predicted octanol–water partition coefficient (Wildman–Crippen LogP) is 3.02. The molecule has 0 bridgehead atoms. The Morgan fingerprint density at radius 2 is 1.94 bits per heavy atom. The second-order valence-corrected chi connectivity index (χ2v) is 8.51. The summed E-state index contributed by atoms with van der Waals surface area (Å²) in [6.45, 7) is 3.97. The number of fused-ring (bicyclic) bond motifs is 1. The van der Waals surface area contributed by atoms with Gasteiger partial charge < -0.3 is 15.0 Å². The molecule has 0 spiro atoms. The summed E-state index contributed by atoms with van der Waals surface area (Å²) in [5.41, 5.74) is 1.91. The first-order chi connectivity index (χ1) is 16.6. The van der Waals surface area contributed by atoms with E-state index in [1.165, 1.54) is 12.3 Å². The van der Waals surface area contributed by atoms with Crippen LogP contribution in [0.15, 0.2) is 30.7 Å². The van der Waals surface area contributed by atoms with Gasteiger partial charge in [0.05, 0.1) is 24.5 Å². The first-order valence-electron chi connectivity index (χ1n) is 11.0. The molecule has 35 heavy (non-hydrogen) atoms. The Balaban J connectivity index is 1.43. The summed E-state index contributed by atoms with van der Waals surface area (Å²) < 4.78 is 45.1. The molecule has 2 atom stereocenters. The van der Waals surface area contributed by atoms with Crippen LogP contribution in [-0.2, 0) is 35.1 Å². The van der Waals surface area contributed by atoms with Crippen molar-refractivity contribution >= 4 is 17.4 Å². The lowest BCUT2D eigenvalue weighted by Gasteiger charge is -2.37. The maximum absolute atomic E-state index is 12.7. The van der Waals surface area contributed by atoms with Crippen molar-refractivity contribution in [2.75, 3.05) is 24.4 Å². The van der Waals surface area contributed by atoms with Crippen LogP contribution >= 0.6 is 0 Å². The highest BCUT2D eigenvalue weighted by Crippen LogP contribution is 2.32. The topological polar surface area (TPSA) is 98.1 Å². The standard InChI is InChI=1S/C23H26F3N7O2/c1-13-19-21(32(3)20(14(2)35-4)22(34)31-19)30-18(29-13)8-6-16-10-28-33(12-16)11-15-5-7-17(27-9-15)23(24,25)26/h5,7,9-10,12,14,20H,6,8,11H2,1-4H3,(H,31,34)/t14-,20+/m1/s1. The summed E-state index contributed by atoms with van der Waals surface area (Å²) in [7, 11) is 3.38. The van der Waals surface area contributed by atoms with Crippen LogP contribution in [0.5, 0.6) is 0 Å². The number of anilines is 2. The molecule has 0 unspecified atom stereocenters. The quantitative estimate of drug-likeness (QED) is 0.545. The van der Waals surface area contributed by atoms with Gasteiger partial charge in [-0.05, 0) is 37.5 Å². The number of halogens is 3. The number of nitrogens with zero attached hydrogens (tertiary/aromatic N) is 6. The van der Waals surface area contributed by atoms with E-state index in [-0.39, 0.29) is 12.0 Å². The van der Waals surface area contributed by atoms with Crippen molar-refractivity contribution in [2.45, 2.75) is 51.6 Å². The molecule has 1 aliphatic heterocycles. The Labute approximate surface area is 200 Å². The minimum absolute atomic E-state index is 0.163. The molecule has 1 aliphatic rings. The molecule has 0 aliphatic carbocycles. The predicted molar refractivity (Wildman–Crippen MR) is 122 cm³/mol. The van der Waals surface area contributed by atoms with E-state index in [4.69, 9.17) is 9.72 Å². The molecule has 1 amide bonds. The third kappa shape index (κ3) is 5.26. The van der Waals surface area contributed by atoms with Crippen LogP contribution in [0.4, 0.5) is 24.7 Å². The summed E-state index contributed by atoms with van der Waals surface area (Å²) in [5.74, 6) is 1.11. The van der Waals surface area contributed by atoms with Crippen molar-refractivity contribution in [3.8, 4) is 0 Å². The maximum Gasteiger partial charge on any atom is 0.433 e. The van der Waals surface area contributed by atoms with E-state index >= 15 is 0 Å². The van der Waals surface area contributed by atoms with E-state index in [0.717, 1.165) is 11.6 Å². The first-order valence-corrected chi connectivity index (χ1v) is 11.0. The molecule has 0 aromatic carbocycles. The van der Waals surface area contributed by atoms with E-state index in [1.54, 1.807) is 18.0 Å². The molecule has 186 valence electrons. The maximum atomic E-state index is 12.7. The molecule has 3 aromatic heterocycles. The SMILES string of the molecule is CO[C@H](C)[C@H]1C(=O)Nc2c(C)nc(CCc3cnn(Cc4ccc(C(F)(F)F)nc4)c3)nc2N1C. The van der Waals surface area contributed by atoms with Crippen molar-refractivity contribution in [3.05, 3.63) is 59.1 Å². The summed E-state index contributed by atoms with van der Waals surface area (Å²) in [4.78, 5) is 27.1. The zero-order chi connectivity index (χ0) is 25.3. The molecule has 1 N–H and O–H groups in total. The molecule has 4 heterocycles. The van der Waals surface area contributed by atoms with Gasteiger partial charge in [0, 0.05) is 33.0 Å². The average Bonchev–Trinajstić information content (AvgIpc) is 3.25. The van der Waals surface area contributed by atoms with Crippen molar-refractivity contribution in [2.24, 2.45) is 0 Å². The van der Waals surface area contributed by atoms with E-state index in [9.17, 15) is 18.0 Å². The summed E-state index contributed by atoms with van der Waals surface area (Å²) >= 11 is 0. The largest absolute Gasteiger partial charge is 0.433 e. The van der Waals surface area contributed by atoms with Gasteiger partial charge in [-0.1, -0.05) is 6.07 Å². The first kappa shape index (κ1) is 24.6. The lowest BCUT2D eigenvalue weighted by molar-refractivity contribution is -0.141. The fraction of sp³-hybridized carbons (Fsp3) is 0.435. The van der Waals surface area contributed by atoms with Crippen molar-refractivity contribution in [3.63, 3.8) is 0 Å². The number of ether oxygens (including phenoxy) is 1. The Morgan fingerprint density at radius 1 is 1.17 bits per heavy atom. The molecule has 0 radical (unpaired) electrons. The number of carbonyl (C=O) groups is 1. The van der Waals surface area contributed by atoms with Gasteiger partial charge in [-0.25, -0.2) is 9.97 Å². The van der Waals surface area contributed by atoms with Gasteiger partial charge in [0.25, 0.3) is 0 Å². The number of methoxy groups -OCH3 is 1. The van der Waals surface area contributed by atoms with Gasteiger partial charge in [0.15, 0.2) is 5.82 Å². The van der Waals surface area contributed by atoms with Crippen LogP contribution < -0.4 is 10.2 Å². The summed E-state index contributed by atoms with van der Waals surface area (Å²) in [6, 6.07) is 1.85. The number of hydrogen-bond donors (Lipinski definition) is 1. The molecule has 0 saturated heterocycles. The molecule has 9 nitrogen and oxygen atoms in total. The van der Waals surface area contributed by atoms with Gasteiger partial charge in [0.1, 0.15) is 23.2 Å². The molecular formula is C23H26F3N7O2. The van der Waals surface area contributed by atoms with Crippen LogP contribution in [0, 0.1) is 6.92 Å². The number of nitrogens with one attached hydrogen (secondary N) is 1. The number of amides is 1. The summed E-state index contributed by atoms with van der Waals surface area (Å²) in [5, 5.41) is 7.19. The molecule has 3 aromatic rings. The summed E-state index contributed by atoms with van der Waals surface area (Å²) in [6.07, 6.45) is 1.15. The van der Waals surface area contributed by atoms with Gasteiger partial charge in [-0.15, -0.1) is 0 Å². The van der Waals surface area contributed by atoms with E-state index in [0.29, 0.717) is 48.0 Å². The van der Waals surface area contributed by atoms with Gasteiger partial charge in [0.2, 0.25) is 5.91 Å². The zero-order valence-electron chi connectivity index (χ0n) is 19.8. The number of carbonyl (C=O) groups excluding carboxylic acids is 1. The van der Waals surface area contributed by atoms with E-state index in [2.05, 4.69) is 20.4 Å². The fourth-order valence-corrected chi connectivity index (χ4v) is 4.04. The van der Waals surface area contributed by atoms with E-state index < -0.39 is 17.9 Å². The molecular weight excluding hydrogens is 463 g/mol. The Hall–Kier alpha value is -3.54. The van der Waals surface area contributed by atoms with Crippen LogP contribution in [0.25, 0.3) is 0 Å².